The van der Waals surface area contributed by atoms with Crippen LogP contribution in [0.2, 0.25) is 0 Å². The van der Waals surface area contributed by atoms with Gasteiger partial charge in [0.1, 0.15) is 5.78 Å². The van der Waals surface area contributed by atoms with E-state index in [1.54, 1.807) is 12.1 Å². The highest BCUT2D eigenvalue weighted by molar-refractivity contribution is 9.11. The quantitative estimate of drug-likeness (QED) is 0.848. The Labute approximate surface area is 115 Å². The maximum Gasteiger partial charge on any atom is 0.261 e. The number of anilines is 1. The summed E-state index contributed by atoms with van der Waals surface area (Å²) in [5.41, 5.74) is -0.839. The molecule has 0 fully saturated rings. The van der Waals surface area contributed by atoms with Crippen LogP contribution in [0.4, 0.5) is 5.69 Å². The van der Waals surface area contributed by atoms with E-state index in [0.29, 0.717) is 15.7 Å². The Morgan fingerprint density at radius 2 is 2.12 bits per heavy atom. The van der Waals surface area contributed by atoms with E-state index in [4.69, 9.17) is 0 Å². The van der Waals surface area contributed by atoms with Gasteiger partial charge in [-0.25, -0.2) is 0 Å². The van der Waals surface area contributed by atoms with Gasteiger partial charge in [0.15, 0.2) is 5.60 Å². The molecule has 2 rings (SSSR count). The molecule has 0 saturated heterocycles. The molecule has 6 heteroatoms. The molecule has 1 aromatic rings. The zero-order chi connectivity index (χ0) is 12.8. The van der Waals surface area contributed by atoms with Crippen molar-refractivity contribution in [2.75, 3.05) is 5.32 Å². The molecule has 0 bridgehead atoms. The topological polar surface area (TPSA) is 66.4 Å². The van der Waals surface area contributed by atoms with Gasteiger partial charge in [0.25, 0.3) is 5.91 Å². The van der Waals surface area contributed by atoms with Crippen molar-refractivity contribution in [3.8, 4) is 0 Å². The van der Waals surface area contributed by atoms with Crippen LogP contribution >= 0.6 is 31.9 Å². The lowest BCUT2D eigenvalue weighted by Gasteiger charge is -2.19. The maximum atomic E-state index is 11.8. The van der Waals surface area contributed by atoms with Crippen molar-refractivity contribution in [2.45, 2.75) is 18.9 Å². The summed E-state index contributed by atoms with van der Waals surface area (Å²) in [5.74, 6) is -0.812. The minimum Gasteiger partial charge on any atom is -0.375 e. The number of nitrogens with one attached hydrogen (secondary N) is 1. The summed E-state index contributed by atoms with van der Waals surface area (Å²) in [6, 6.07) is 3.40. The largest absolute Gasteiger partial charge is 0.375 e. The van der Waals surface area contributed by atoms with Gasteiger partial charge in [0, 0.05) is 20.9 Å². The average molecular weight is 363 g/mol. The fourth-order valence-electron chi connectivity index (χ4n) is 1.90. The highest BCUT2D eigenvalue weighted by Crippen LogP contribution is 2.43. The third-order valence-electron chi connectivity index (χ3n) is 2.62. The molecule has 4 nitrogen and oxygen atoms in total. The number of carbonyl (C=O) groups is 2. The number of aliphatic hydroxyl groups is 1. The molecule has 1 heterocycles. The molecule has 1 unspecified atom stereocenters. The molecule has 17 heavy (non-hydrogen) atoms. The van der Waals surface area contributed by atoms with E-state index in [-0.39, 0.29) is 12.2 Å². The van der Waals surface area contributed by atoms with Crippen molar-refractivity contribution in [3.63, 3.8) is 0 Å². The van der Waals surface area contributed by atoms with Gasteiger partial charge >= 0.3 is 0 Å². The zero-order valence-corrected chi connectivity index (χ0v) is 12.1. The molecule has 0 aromatic heterocycles. The van der Waals surface area contributed by atoms with Crippen LogP contribution in [0.25, 0.3) is 0 Å². The van der Waals surface area contributed by atoms with Gasteiger partial charge in [-0.2, -0.15) is 0 Å². The van der Waals surface area contributed by atoms with Crippen LogP contribution in [-0.2, 0) is 15.2 Å². The molecule has 1 amide bonds. The van der Waals surface area contributed by atoms with Gasteiger partial charge in [-0.3, -0.25) is 9.59 Å². The van der Waals surface area contributed by atoms with E-state index < -0.39 is 11.5 Å². The standard InChI is InChI=1S/C11H9Br2NO3/c1-5(15)4-11(17)7-2-6(12)3-8(13)9(7)14-10(11)16/h2-3,17H,4H2,1H3,(H,14,16). The lowest BCUT2D eigenvalue weighted by atomic mass is 9.90. The van der Waals surface area contributed by atoms with Gasteiger partial charge in [-0.05, 0) is 35.0 Å². The molecule has 90 valence electrons. The van der Waals surface area contributed by atoms with E-state index >= 15 is 0 Å². The highest BCUT2D eigenvalue weighted by atomic mass is 79.9. The van der Waals surface area contributed by atoms with E-state index in [2.05, 4.69) is 37.2 Å². The summed E-state index contributed by atoms with van der Waals surface area (Å²) in [5, 5.41) is 12.9. The third kappa shape index (κ3) is 2.05. The van der Waals surface area contributed by atoms with Crippen LogP contribution in [-0.4, -0.2) is 16.8 Å². The number of fused-ring (bicyclic) bond motifs is 1. The molecular formula is C11H9Br2NO3. The first kappa shape index (κ1) is 12.7. The van der Waals surface area contributed by atoms with Crippen LogP contribution in [0.5, 0.6) is 0 Å². The summed E-state index contributed by atoms with van der Waals surface area (Å²) >= 11 is 6.59. The number of ketones is 1. The van der Waals surface area contributed by atoms with Crippen LogP contribution in [0, 0.1) is 0 Å². The van der Waals surface area contributed by atoms with Crippen LogP contribution < -0.4 is 5.32 Å². The first-order valence-electron chi connectivity index (χ1n) is 4.87. The lowest BCUT2D eigenvalue weighted by Crippen LogP contribution is -2.35. The zero-order valence-electron chi connectivity index (χ0n) is 8.88. The normalized spacial score (nSPS) is 22.2. The fourth-order valence-corrected chi connectivity index (χ4v) is 3.23. The molecule has 1 aliphatic heterocycles. The van der Waals surface area contributed by atoms with Crippen molar-refractivity contribution in [3.05, 3.63) is 26.6 Å². The van der Waals surface area contributed by atoms with Gasteiger partial charge in [0.2, 0.25) is 0 Å². The summed E-state index contributed by atoms with van der Waals surface area (Å²) in [4.78, 5) is 23.0. The Hall–Kier alpha value is -0.720. The molecule has 1 aliphatic rings. The monoisotopic (exact) mass is 361 g/mol. The molecule has 0 aliphatic carbocycles. The molecule has 1 aromatic carbocycles. The third-order valence-corrected chi connectivity index (χ3v) is 3.70. The van der Waals surface area contributed by atoms with Crippen LogP contribution in [0.1, 0.15) is 18.9 Å². The minimum absolute atomic E-state index is 0.227. The summed E-state index contributed by atoms with van der Waals surface area (Å²) in [6.07, 6.45) is -0.227. The van der Waals surface area contributed by atoms with Gasteiger partial charge in [-0.1, -0.05) is 15.9 Å². The van der Waals surface area contributed by atoms with E-state index in [0.717, 1.165) is 4.47 Å². The van der Waals surface area contributed by atoms with Crippen molar-refractivity contribution in [1.82, 2.24) is 0 Å². The number of benzene rings is 1. The summed E-state index contributed by atoms with van der Waals surface area (Å²) < 4.78 is 1.39. The number of halogens is 2. The molecule has 1 atom stereocenters. The maximum absolute atomic E-state index is 11.8. The first-order chi connectivity index (χ1) is 7.84. The fraction of sp³-hybridized carbons (Fsp3) is 0.273. The number of amides is 1. The van der Waals surface area contributed by atoms with E-state index in [1.165, 1.54) is 6.92 Å². The van der Waals surface area contributed by atoms with Gasteiger partial charge in [0.05, 0.1) is 5.69 Å². The number of rotatable bonds is 2. The summed E-state index contributed by atoms with van der Waals surface area (Å²) in [6.45, 7) is 1.34. The second kappa shape index (κ2) is 4.19. The Balaban J connectivity index is 2.60. The van der Waals surface area contributed by atoms with E-state index in [1.807, 2.05) is 0 Å². The number of carbonyl (C=O) groups excluding carboxylic acids is 2. The van der Waals surface area contributed by atoms with Crippen molar-refractivity contribution >= 4 is 49.2 Å². The van der Waals surface area contributed by atoms with Gasteiger partial charge in [-0.15, -0.1) is 0 Å². The number of Topliss-reactive ketones (excluding diaryl/α,β-unsaturated/α-hetero) is 1. The number of hydrogen-bond acceptors (Lipinski definition) is 3. The molecule has 0 spiro atoms. The summed E-state index contributed by atoms with van der Waals surface area (Å²) in [7, 11) is 0. The van der Waals surface area contributed by atoms with Gasteiger partial charge < -0.3 is 10.4 Å². The Morgan fingerprint density at radius 1 is 1.47 bits per heavy atom. The second-order valence-corrected chi connectivity index (χ2v) is 5.77. The number of hydrogen-bond donors (Lipinski definition) is 2. The Bertz CT molecular complexity index is 530. The molecule has 2 N–H and O–H groups in total. The SMILES string of the molecule is CC(=O)CC1(O)C(=O)Nc2c(Br)cc(Br)cc21. The molecule has 0 saturated carbocycles. The highest BCUT2D eigenvalue weighted by Gasteiger charge is 2.46. The lowest BCUT2D eigenvalue weighted by molar-refractivity contribution is -0.139. The Morgan fingerprint density at radius 3 is 2.71 bits per heavy atom. The average Bonchev–Trinajstić information content (AvgIpc) is 2.41. The Kier molecular flexibility index (Phi) is 3.14. The predicted octanol–water partition coefficient (Wildman–Crippen LogP) is 2.33. The first-order valence-corrected chi connectivity index (χ1v) is 6.46. The van der Waals surface area contributed by atoms with Crippen molar-refractivity contribution in [1.29, 1.82) is 0 Å². The van der Waals surface area contributed by atoms with Crippen LogP contribution in [0.15, 0.2) is 21.1 Å². The second-order valence-electron chi connectivity index (χ2n) is 4.00. The molecule has 0 radical (unpaired) electrons. The predicted molar refractivity (Wildman–Crippen MR) is 69.7 cm³/mol. The van der Waals surface area contributed by atoms with Crippen LogP contribution in [0.3, 0.4) is 0 Å². The molecular weight excluding hydrogens is 354 g/mol. The van der Waals surface area contributed by atoms with E-state index in [9.17, 15) is 14.7 Å². The minimum atomic E-state index is -1.77. The van der Waals surface area contributed by atoms with Crippen molar-refractivity contribution < 1.29 is 14.7 Å². The smallest absolute Gasteiger partial charge is 0.261 e. The van der Waals surface area contributed by atoms with Crippen molar-refractivity contribution in [2.24, 2.45) is 0 Å².